The van der Waals surface area contributed by atoms with E-state index in [1.807, 2.05) is 6.07 Å². The minimum Gasteiger partial charge on any atom is -0.460 e. The molecule has 0 saturated carbocycles. The number of carbonyl (C=O) groups is 1. The zero-order chi connectivity index (χ0) is 10.3. The monoisotopic (exact) mass is 295 g/mol. The molecule has 0 heterocycles. The molecule has 0 atom stereocenters. The fourth-order valence-electron chi connectivity index (χ4n) is 0.688. The molecular weight excluding hydrogens is 285 g/mol. The highest BCUT2D eigenvalue weighted by Gasteiger charge is 2.16. The molecule has 13 heavy (non-hydrogen) atoms. The van der Waals surface area contributed by atoms with Crippen LogP contribution in [0.25, 0.3) is 0 Å². The molecule has 0 rings (SSSR count). The maximum absolute atomic E-state index is 11.2. The van der Waals surface area contributed by atoms with Crippen molar-refractivity contribution in [3.63, 3.8) is 0 Å². The van der Waals surface area contributed by atoms with Crippen LogP contribution in [-0.2, 0) is 12.6 Å². The van der Waals surface area contributed by atoms with Crippen LogP contribution in [0.3, 0.4) is 0 Å². The third kappa shape index (κ3) is 3.63. The Morgan fingerprint density at radius 1 is 1.54 bits per heavy atom. The average Bonchev–Trinajstić information content (AvgIpc) is 2.14. The number of halogens is 1. The summed E-state index contributed by atoms with van der Waals surface area (Å²) in [6.45, 7) is 3.74. The van der Waals surface area contributed by atoms with Gasteiger partial charge in [-0.25, -0.2) is 4.79 Å². The zero-order valence-electron chi connectivity index (χ0n) is 7.46. The summed E-state index contributed by atoms with van der Waals surface area (Å²) < 4.78 is 9.46. The molecule has 0 aliphatic heterocycles. The minimum atomic E-state index is -0.588. The van der Waals surface area contributed by atoms with Crippen molar-refractivity contribution in [3.8, 4) is 6.07 Å². The molecule has 0 amide bonds. The van der Waals surface area contributed by atoms with Crippen LogP contribution in [0.1, 0.15) is 20.3 Å². The summed E-state index contributed by atoms with van der Waals surface area (Å²) in [5.41, 5.74) is 0.299. The lowest BCUT2D eigenvalue weighted by Gasteiger charge is -2.04. The van der Waals surface area contributed by atoms with E-state index in [1.165, 1.54) is 0 Å². The van der Waals surface area contributed by atoms with Crippen LogP contribution in [0.5, 0.6) is 0 Å². The Balaban J connectivity index is 4.76. The number of allylic oxidation sites excluding steroid dienone is 1. The van der Waals surface area contributed by atoms with E-state index in [0.717, 1.165) is 0 Å². The van der Waals surface area contributed by atoms with Crippen LogP contribution < -0.4 is 0 Å². The second kappa shape index (κ2) is 6.71. The Kier molecular flexibility index (Phi) is 6.32. The summed E-state index contributed by atoms with van der Waals surface area (Å²) in [6, 6.07) is 1.89. The van der Waals surface area contributed by atoms with Crippen molar-refractivity contribution in [2.45, 2.75) is 20.3 Å². The number of hydrogen-bond donors (Lipinski definition) is 0. The van der Waals surface area contributed by atoms with Crippen LogP contribution in [0.15, 0.2) is 11.3 Å². The molecule has 0 bridgehead atoms. The van der Waals surface area contributed by atoms with Gasteiger partial charge < -0.3 is 7.80 Å². The van der Waals surface area contributed by atoms with Crippen LogP contribution in [-0.4, -0.2) is 12.6 Å². The highest BCUT2D eigenvalue weighted by molar-refractivity contribution is 14.1. The Morgan fingerprint density at radius 2 is 2.15 bits per heavy atom. The lowest BCUT2D eigenvalue weighted by atomic mass is 10.2. The molecule has 0 N–H and O–H groups in total. The Bertz CT molecular complexity index is 255. The third-order valence-corrected chi connectivity index (χ3v) is 1.74. The summed E-state index contributed by atoms with van der Waals surface area (Å²) >= 11 is 1.56. The first-order valence-corrected chi connectivity index (χ1v) is 4.68. The summed E-state index contributed by atoms with van der Waals surface area (Å²) in [4.78, 5) is 11.2. The van der Waals surface area contributed by atoms with Crippen molar-refractivity contribution in [2.75, 3.05) is 6.61 Å². The quantitative estimate of drug-likeness (QED) is 0.262. The van der Waals surface area contributed by atoms with E-state index in [1.54, 1.807) is 36.9 Å². The van der Waals surface area contributed by atoms with Gasteiger partial charge in [-0.2, -0.15) is 5.26 Å². The Labute approximate surface area is 91.2 Å². The first kappa shape index (κ1) is 12.2. The van der Waals surface area contributed by atoms with Crippen LogP contribution in [0.4, 0.5) is 0 Å². The largest absolute Gasteiger partial charge is 0.460 e. The van der Waals surface area contributed by atoms with Gasteiger partial charge in [0, 0.05) is 0 Å². The predicted molar refractivity (Wildman–Crippen MR) is 54.7 cm³/mol. The SMILES string of the molecule is CCOC(=O)/C(OI)=C(\C#N)CC. The third-order valence-electron chi connectivity index (χ3n) is 1.30. The van der Waals surface area contributed by atoms with Gasteiger partial charge in [0.2, 0.25) is 5.76 Å². The number of rotatable bonds is 4. The molecule has 0 aliphatic rings. The lowest BCUT2D eigenvalue weighted by molar-refractivity contribution is -0.140. The van der Waals surface area contributed by atoms with E-state index in [-0.39, 0.29) is 12.4 Å². The molecule has 0 saturated heterocycles. The van der Waals surface area contributed by atoms with Crippen molar-refractivity contribution < 1.29 is 12.6 Å². The molecule has 0 fully saturated rings. The second-order valence-corrected chi connectivity index (χ2v) is 2.51. The minimum absolute atomic E-state index is 0.00699. The summed E-state index contributed by atoms with van der Waals surface area (Å²) in [6.07, 6.45) is 0.452. The van der Waals surface area contributed by atoms with Crippen molar-refractivity contribution >= 4 is 29.0 Å². The lowest BCUT2D eigenvalue weighted by Crippen LogP contribution is -2.09. The number of ether oxygens (including phenoxy) is 1. The van der Waals surface area contributed by atoms with Gasteiger partial charge in [0.1, 0.15) is 0 Å². The molecular formula is C8H10INO3. The topological polar surface area (TPSA) is 59.3 Å². The van der Waals surface area contributed by atoms with Crippen molar-refractivity contribution in [2.24, 2.45) is 0 Å². The smallest absolute Gasteiger partial charge is 0.375 e. The van der Waals surface area contributed by atoms with Gasteiger partial charge >= 0.3 is 5.97 Å². The standard InChI is InChI=1S/C8H10INO3/c1-3-6(5-10)7(13-9)8(11)12-4-2/h3-4H2,1-2H3/b7-6+. The highest BCUT2D eigenvalue weighted by Crippen LogP contribution is 2.14. The fourth-order valence-corrected chi connectivity index (χ4v) is 1.13. The highest BCUT2D eigenvalue weighted by atomic mass is 127. The molecule has 0 aromatic carbocycles. The first-order valence-electron chi connectivity index (χ1n) is 3.80. The normalized spacial score (nSPS) is 11.2. The van der Waals surface area contributed by atoms with Gasteiger partial charge in [0.15, 0.2) is 23.0 Å². The molecule has 0 aromatic rings. The van der Waals surface area contributed by atoms with Gasteiger partial charge in [-0.1, -0.05) is 6.92 Å². The molecule has 72 valence electrons. The summed E-state index contributed by atoms with van der Waals surface area (Å²) in [7, 11) is 0. The van der Waals surface area contributed by atoms with E-state index < -0.39 is 5.97 Å². The van der Waals surface area contributed by atoms with Crippen molar-refractivity contribution in [1.82, 2.24) is 0 Å². The van der Waals surface area contributed by atoms with Crippen LogP contribution in [0, 0.1) is 11.3 Å². The number of nitriles is 1. The first-order chi connectivity index (χ1) is 6.21. The number of esters is 1. The summed E-state index contributed by atoms with van der Waals surface area (Å²) in [5, 5.41) is 8.65. The van der Waals surface area contributed by atoms with E-state index in [9.17, 15) is 4.79 Å². The van der Waals surface area contributed by atoms with Crippen molar-refractivity contribution in [3.05, 3.63) is 11.3 Å². The molecule has 4 nitrogen and oxygen atoms in total. The van der Waals surface area contributed by atoms with Gasteiger partial charge in [-0.15, -0.1) is 0 Å². The maximum Gasteiger partial charge on any atom is 0.375 e. The number of nitrogens with zero attached hydrogens (tertiary/aromatic N) is 1. The van der Waals surface area contributed by atoms with Gasteiger partial charge in [0.05, 0.1) is 18.2 Å². The molecule has 0 radical (unpaired) electrons. The molecule has 0 aliphatic carbocycles. The molecule has 0 aromatic heterocycles. The summed E-state index contributed by atoms with van der Waals surface area (Å²) in [5.74, 6) is -0.595. The molecule has 0 spiro atoms. The second-order valence-electron chi connectivity index (χ2n) is 2.07. The van der Waals surface area contributed by atoms with E-state index in [0.29, 0.717) is 12.0 Å². The molecule has 0 unspecified atom stereocenters. The van der Waals surface area contributed by atoms with E-state index >= 15 is 0 Å². The Morgan fingerprint density at radius 3 is 2.46 bits per heavy atom. The van der Waals surface area contributed by atoms with E-state index in [4.69, 9.17) is 13.1 Å². The zero-order valence-corrected chi connectivity index (χ0v) is 9.62. The average molecular weight is 295 g/mol. The predicted octanol–water partition coefficient (Wildman–Crippen LogP) is 2.10. The van der Waals surface area contributed by atoms with E-state index in [2.05, 4.69) is 0 Å². The number of carbonyl (C=O) groups excluding carboxylic acids is 1. The molecule has 5 heteroatoms. The van der Waals surface area contributed by atoms with Gasteiger partial charge in [-0.05, 0) is 13.3 Å². The number of hydrogen-bond acceptors (Lipinski definition) is 4. The fraction of sp³-hybridized carbons (Fsp3) is 0.500. The Hall–Kier alpha value is -0.770. The van der Waals surface area contributed by atoms with Crippen LogP contribution in [0.2, 0.25) is 0 Å². The van der Waals surface area contributed by atoms with Gasteiger partial charge in [-0.3, -0.25) is 0 Å². The van der Waals surface area contributed by atoms with Gasteiger partial charge in [0.25, 0.3) is 0 Å². The van der Waals surface area contributed by atoms with Crippen molar-refractivity contribution in [1.29, 1.82) is 5.26 Å². The maximum atomic E-state index is 11.2. The van der Waals surface area contributed by atoms with Crippen LogP contribution >= 0.6 is 23.0 Å².